The maximum Gasteiger partial charge on any atom is 2.00 e. The zero-order chi connectivity index (χ0) is 28.7. The van der Waals surface area contributed by atoms with E-state index in [0.29, 0.717) is 26.4 Å². The minimum absolute atomic E-state index is 0. The molecule has 11 heteroatoms. The van der Waals surface area contributed by atoms with Gasteiger partial charge in [0.05, 0.1) is 26.4 Å². The van der Waals surface area contributed by atoms with Crippen molar-refractivity contribution >= 4 is 84.2 Å². The van der Waals surface area contributed by atoms with Crippen LogP contribution in [0.1, 0.15) is 83.1 Å². The topological polar surface area (TPSA) is 46.2 Å². The number of methoxy groups -OCH3 is 4. The van der Waals surface area contributed by atoms with Gasteiger partial charge in [0.15, 0.2) is 0 Å². The van der Waals surface area contributed by atoms with Crippen LogP contribution < -0.4 is 0 Å². The minimum Gasteiger partial charge on any atom is -0.538 e. The second-order valence-electron chi connectivity index (χ2n) is 11.5. The third-order valence-corrected chi connectivity index (χ3v) is 57.5. The summed E-state index contributed by atoms with van der Waals surface area (Å²) in [7, 11) is 5.30. The first-order valence-electron chi connectivity index (χ1n) is 13.8. The van der Waals surface area contributed by atoms with Crippen molar-refractivity contribution in [3.05, 3.63) is 0 Å². The van der Waals surface area contributed by atoms with Crippen LogP contribution in [0.4, 0.5) is 0 Å². The third-order valence-electron chi connectivity index (χ3n) is 7.03. The Morgan fingerprint density at radius 1 is 0.459 bits per heavy atom. The molecule has 1 saturated heterocycles. The van der Waals surface area contributed by atoms with E-state index in [4.69, 9.17) is 4.12 Å². The molecule has 0 saturated carbocycles. The van der Waals surface area contributed by atoms with Crippen LogP contribution in [-0.4, -0.2) is 124 Å². The summed E-state index contributed by atoms with van der Waals surface area (Å²) in [5.41, 5.74) is 4.62. The monoisotopic (exact) mass is 688 g/mol. The quantitative estimate of drug-likeness (QED) is 0.117. The average molecular weight is 689 g/mol. The third kappa shape index (κ3) is 13.3. The maximum atomic E-state index is 7.55. The Balaban J connectivity index is -0.000000737. The fraction of sp³-hybridized carbons (Fsp3) is 1.00. The molecule has 0 aromatic rings. The van der Waals surface area contributed by atoms with Gasteiger partial charge in [-0.2, -0.15) is 0 Å². The van der Waals surface area contributed by atoms with Crippen molar-refractivity contribution in [3.63, 3.8) is 0 Å². The van der Waals surface area contributed by atoms with Crippen LogP contribution in [0.15, 0.2) is 0 Å². The van der Waals surface area contributed by atoms with Gasteiger partial charge >= 0.3 is 45.5 Å². The molecule has 1 aliphatic heterocycles. The number of hydrogen-bond acceptors (Lipinski definition) is 5. The molecule has 1 heterocycles. The van der Waals surface area contributed by atoms with Crippen LogP contribution in [-0.2, 0) is 23.1 Å². The molecule has 0 spiro atoms. The first-order valence-corrected chi connectivity index (χ1v) is 25.2. The van der Waals surface area contributed by atoms with Gasteiger partial charge in [0, 0.05) is 44.4 Å². The molecule has 0 aromatic heterocycles. The van der Waals surface area contributed by atoms with Gasteiger partial charge in [-0.1, -0.05) is 105 Å². The van der Waals surface area contributed by atoms with Crippen LogP contribution in [0, 0.1) is 0 Å². The Kier molecular flexibility index (Phi) is 26.7. The summed E-state index contributed by atoms with van der Waals surface area (Å²) in [6, 6.07) is 0. The molecule has 0 aromatic carbocycles. The van der Waals surface area contributed by atoms with Gasteiger partial charge in [-0.15, -0.1) is 11.1 Å². The normalized spacial score (nSPS) is 19.3. The van der Waals surface area contributed by atoms with E-state index in [1.54, 1.807) is 28.4 Å². The molecule has 5 nitrogen and oxygen atoms in total. The first kappa shape index (κ1) is 44.2. The van der Waals surface area contributed by atoms with Gasteiger partial charge in [0.25, 0.3) is 0 Å². The van der Waals surface area contributed by atoms with Crippen molar-refractivity contribution < 1.29 is 23.1 Å². The van der Waals surface area contributed by atoms with Gasteiger partial charge in [-0.05, 0) is 0 Å². The van der Waals surface area contributed by atoms with E-state index in [2.05, 4.69) is 102 Å². The van der Waals surface area contributed by atoms with Gasteiger partial charge in [0.1, 0.15) is 0 Å². The molecule has 0 amide bonds. The maximum absolute atomic E-state index is 7.55. The van der Waals surface area contributed by atoms with E-state index >= 15 is 0 Å². The van der Waals surface area contributed by atoms with Crippen molar-refractivity contribution in [3.8, 4) is 0 Å². The summed E-state index contributed by atoms with van der Waals surface area (Å²) in [6.45, 7) is 32.7. The van der Waals surface area contributed by atoms with Crippen molar-refractivity contribution in [1.29, 1.82) is 0 Å². The summed E-state index contributed by atoms with van der Waals surface area (Å²) < 4.78 is 26.2. The van der Waals surface area contributed by atoms with Crippen LogP contribution in [0.5, 0.6) is 0 Å². The summed E-state index contributed by atoms with van der Waals surface area (Å²) in [5.74, 6) is 0. The summed E-state index contributed by atoms with van der Waals surface area (Å²) in [6.07, 6.45) is 0. The Bertz CT molecular complexity index is 442. The Morgan fingerprint density at radius 3 is 0.811 bits per heavy atom. The molecule has 1 rings (SSSR count). The molecule has 0 N–H and O–H groups in total. The largest absolute Gasteiger partial charge is 2.00 e. The molecule has 37 heavy (non-hydrogen) atoms. The fourth-order valence-electron chi connectivity index (χ4n) is 4.73. The van der Waals surface area contributed by atoms with E-state index in [-0.39, 0.29) is 45.5 Å². The van der Waals surface area contributed by atoms with E-state index < -0.39 is 23.4 Å². The summed E-state index contributed by atoms with van der Waals surface area (Å²) in [4.78, 5) is 0. The standard InChI is InChI=1S/C18H42OP2Si3.2C4H10O2.Sr/c1-13(2)22(14(3)4)19-23(15(5)6,16(7)8)21-24(20-22,17(9)10)18(11)12;2*1-5-3-4-6-2;/h13-18H,1-12H3;2*3-4H2,1-2H3;/q-2;;;+2. The molecular weight excluding hydrogens is 626 g/mol. The number of hydrogen-bond donors (Lipinski definition) is 0. The molecule has 0 unspecified atom stereocenters. The molecule has 0 radical (unpaired) electrons. The first-order chi connectivity index (χ1) is 16.6. The minimum atomic E-state index is -1.77. The Morgan fingerprint density at radius 2 is 0.676 bits per heavy atom. The Hall–Kier alpha value is 2.79. The van der Waals surface area contributed by atoms with Crippen molar-refractivity contribution in [2.45, 2.75) is 116 Å². The van der Waals surface area contributed by atoms with Crippen molar-refractivity contribution in [2.75, 3.05) is 54.9 Å². The predicted molar refractivity (Wildman–Crippen MR) is 176 cm³/mol. The fourth-order valence-corrected chi connectivity index (χ4v) is 77.5. The van der Waals surface area contributed by atoms with E-state index in [1.807, 2.05) is 15.4 Å². The average Bonchev–Trinajstić information content (AvgIpc) is 2.80. The van der Waals surface area contributed by atoms with E-state index in [0.717, 1.165) is 33.2 Å². The predicted octanol–water partition coefficient (Wildman–Crippen LogP) is 8.87. The number of rotatable bonds is 12. The zero-order valence-electron chi connectivity index (χ0n) is 27.4. The molecule has 1 aliphatic rings. The van der Waals surface area contributed by atoms with Crippen LogP contribution in [0.3, 0.4) is 0 Å². The van der Waals surface area contributed by atoms with Crippen LogP contribution >= 0.6 is 15.4 Å². The molecule has 0 bridgehead atoms. The van der Waals surface area contributed by atoms with Gasteiger partial charge < -0.3 is 38.4 Å². The molecule has 0 aliphatic carbocycles. The van der Waals surface area contributed by atoms with Gasteiger partial charge in [0.2, 0.25) is 0 Å². The number of ether oxygens (including phenoxy) is 4. The molecule has 1 fully saturated rings. The van der Waals surface area contributed by atoms with Gasteiger partial charge in [-0.25, -0.2) is 7.41 Å². The molecule has 0 atom stereocenters. The van der Waals surface area contributed by atoms with Crippen molar-refractivity contribution in [1.82, 2.24) is 0 Å². The summed E-state index contributed by atoms with van der Waals surface area (Å²) in [5, 5.41) is 0. The van der Waals surface area contributed by atoms with Crippen LogP contribution in [0.25, 0.3) is 0 Å². The summed E-state index contributed by atoms with van der Waals surface area (Å²) >= 11 is 0. The van der Waals surface area contributed by atoms with E-state index in [1.165, 1.54) is 0 Å². The second-order valence-corrected chi connectivity index (χ2v) is 39.3. The molecule has 220 valence electrons. The smallest absolute Gasteiger partial charge is 0.538 e. The Labute approximate surface area is 275 Å². The SMILES string of the molecule is CC(C)[Si]1(C(C)C)O[Si](C(C)C)(C(C)C)[P-][Si](C(C)C)(C(C)C)[P-]1.COCCOC.COCCOC.[Sr+2]. The molecular formula is C26H62O5P2Si3Sr. The van der Waals surface area contributed by atoms with Gasteiger partial charge in [-0.3, -0.25) is 0 Å². The van der Waals surface area contributed by atoms with E-state index in [9.17, 15) is 0 Å². The zero-order valence-corrected chi connectivity index (χ0v) is 35.7. The second kappa shape index (κ2) is 22.3. The van der Waals surface area contributed by atoms with Crippen LogP contribution in [0.2, 0.25) is 33.2 Å². The van der Waals surface area contributed by atoms with Crippen molar-refractivity contribution in [2.24, 2.45) is 0 Å².